The monoisotopic (exact) mass is 290 g/mol. The summed E-state index contributed by atoms with van der Waals surface area (Å²) in [4.78, 5) is 0. The highest BCUT2D eigenvalue weighted by Crippen LogP contribution is 2.28. The first kappa shape index (κ1) is 16.7. The van der Waals surface area contributed by atoms with Crippen molar-refractivity contribution in [2.24, 2.45) is 5.84 Å². The minimum atomic E-state index is 0.526. The predicted octanol–water partition coefficient (Wildman–Crippen LogP) is 3.81. The van der Waals surface area contributed by atoms with Crippen LogP contribution in [0.5, 0.6) is 0 Å². The second kappa shape index (κ2) is 11.4. The van der Waals surface area contributed by atoms with Crippen LogP contribution in [0, 0.1) is 0 Å². The van der Waals surface area contributed by atoms with Gasteiger partial charge < -0.3 is 0 Å². The van der Waals surface area contributed by atoms with Crippen molar-refractivity contribution in [1.29, 1.82) is 0 Å². The lowest BCUT2D eigenvalue weighted by Gasteiger charge is -2.29. The molecule has 1 aliphatic rings. The van der Waals surface area contributed by atoms with Crippen molar-refractivity contribution in [3.63, 3.8) is 0 Å². The Hall–Kier alpha value is 0.620. The fourth-order valence-corrected chi connectivity index (χ4v) is 5.35. The maximum atomic E-state index is 5.71. The molecule has 0 aliphatic carbocycles. The Labute approximate surface area is 122 Å². The highest BCUT2D eigenvalue weighted by Gasteiger charge is 2.22. The van der Waals surface area contributed by atoms with Crippen LogP contribution in [-0.2, 0) is 0 Å². The molecule has 1 heterocycles. The van der Waals surface area contributed by atoms with Crippen molar-refractivity contribution in [3.8, 4) is 0 Å². The average molecular weight is 291 g/mol. The summed E-state index contributed by atoms with van der Waals surface area (Å²) < 4.78 is 0. The van der Waals surface area contributed by atoms with Crippen LogP contribution in [0.25, 0.3) is 0 Å². The van der Waals surface area contributed by atoms with Gasteiger partial charge in [-0.05, 0) is 6.42 Å². The van der Waals surface area contributed by atoms with Crippen LogP contribution in [0.3, 0.4) is 0 Å². The third kappa shape index (κ3) is 7.27. The molecular weight excluding hydrogens is 260 g/mol. The number of hydrogen-bond acceptors (Lipinski definition) is 4. The second-order valence-corrected chi connectivity index (χ2v) is 7.66. The number of hydrogen-bond donors (Lipinski definition) is 2. The first-order chi connectivity index (χ1) is 8.88. The lowest BCUT2D eigenvalue weighted by molar-refractivity contribution is 0.460. The van der Waals surface area contributed by atoms with E-state index >= 15 is 0 Å². The molecule has 108 valence electrons. The molecule has 1 aliphatic heterocycles. The zero-order chi connectivity index (χ0) is 13.1. The first-order valence-corrected chi connectivity index (χ1v) is 9.74. The summed E-state index contributed by atoms with van der Waals surface area (Å²) in [5.74, 6) is 9.60. The molecule has 2 atom stereocenters. The van der Waals surface area contributed by atoms with E-state index in [1.807, 2.05) is 0 Å². The lowest BCUT2D eigenvalue weighted by atomic mass is 10.0. The Morgan fingerprint density at radius 2 is 1.83 bits per heavy atom. The molecule has 4 heteroatoms. The van der Waals surface area contributed by atoms with Gasteiger partial charge in [0, 0.05) is 28.6 Å². The number of rotatable bonds is 10. The largest absolute Gasteiger partial charge is 0.271 e. The van der Waals surface area contributed by atoms with E-state index in [1.54, 1.807) is 0 Å². The molecule has 0 radical (unpaired) electrons. The third-order valence-electron chi connectivity index (χ3n) is 3.62. The zero-order valence-electron chi connectivity index (χ0n) is 11.8. The van der Waals surface area contributed by atoms with Crippen LogP contribution < -0.4 is 11.3 Å². The van der Waals surface area contributed by atoms with Crippen molar-refractivity contribution in [2.45, 2.75) is 69.6 Å². The molecule has 1 saturated heterocycles. The van der Waals surface area contributed by atoms with Gasteiger partial charge in [0.2, 0.25) is 0 Å². The van der Waals surface area contributed by atoms with Gasteiger partial charge in [-0.25, -0.2) is 0 Å². The quantitative estimate of drug-likeness (QED) is 0.364. The van der Waals surface area contributed by atoms with Crippen LogP contribution in [0.2, 0.25) is 0 Å². The summed E-state index contributed by atoms with van der Waals surface area (Å²) in [5.41, 5.74) is 3.05. The van der Waals surface area contributed by atoms with Gasteiger partial charge in [-0.2, -0.15) is 23.5 Å². The topological polar surface area (TPSA) is 38.0 Å². The molecule has 2 unspecified atom stereocenters. The van der Waals surface area contributed by atoms with Crippen LogP contribution in [-0.4, -0.2) is 28.6 Å². The van der Waals surface area contributed by atoms with E-state index in [9.17, 15) is 0 Å². The third-order valence-corrected chi connectivity index (χ3v) is 6.54. The van der Waals surface area contributed by atoms with Gasteiger partial charge >= 0.3 is 0 Å². The van der Waals surface area contributed by atoms with Crippen molar-refractivity contribution in [1.82, 2.24) is 5.43 Å². The highest BCUT2D eigenvalue weighted by molar-refractivity contribution is 8.06. The maximum Gasteiger partial charge on any atom is 0.0337 e. The fourth-order valence-electron chi connectivity index (χ4n) is 2.44. The number of hydrazine groups is 1. The van der Waals surface area contributed by atoms with E-state index in [1.165, 1.54) is 68.6 Å². The van der Waals surface area contributed by atoms with Gasteiger partial charge in [0.15, 0.2) is 0 Å². The van der Waals surface area contributed by atoms with Crippen LogP contribution in [0.15, 0.2) is 0 Å². The number of nitrogens with two attached hydrogens (primary N) is 1. The van der Waals surface area contributed by atoms with Crippen molar-refractivity contribution < 1.29 is 0 Å². The van der Waals surface area contributed by atoms with E-state index in [2.05, 4.69) is 35.9 Å². The molecule has 2 nitrogen and oxygen atoms in total. The molecule has 0 aromatic carbocycles. The minimum Gasteiger partial charge on any atom is -0.271 e. The molecule has 18 heavy (non-hydrogen) atoms. The Morgan fingerprint density at radius 1 is 1.11 bits per heavy atom. The molecule has 0 aromatic rings. The van der Waals surface area contributed by atoms with Gasteiger partial charge in [-0.15, -0.1) is 0 Å². The lowest BCUT2D eigenvalue weighted by Crippen LogP contribution is -2.44. The molecule has 0 aromatic heterocycles. The Morgan fingerprint density at radius 3 is 2.44 bits per heavy atom. The molecule has 0 bridgehead atoms. The standard InChI is InChI=1S/C14H30N2S2/c1-2-3-4-5-6-7-8-9-13(16-15)14-12-17-10-11-18-14/h13-14,16H,2-12,15H2,1H3. The number of nitrogens with one attached hydrogen (secondary N) is 1. The second-order valence-electron chi connectivity index (χ2n) is 5.17. The summed E-state index contributed by atoms with van der Waals surface area (Å²) in [5, 5.41) is 0.730. The smallest absolute Gasteiger partial charge is 0.0337 e. The van der Waals surface area contributed by atoms with E-state index in [0.717, 1.165) is 5.25 Å². The summed E-state index contributed by atoms with van der Waals surface area (Å²) in [7, 11) is 0. The molecular formula is C14H30N2S2. The average Bonchev–Trinajstić information content (AvgIpc) is 2.43. The van der Waals surface area contributed by atoms with Crippen molar-refractivity contribution >= 4 is 23.5 Å². The predicted molar refractivity (Wildman–Crippen MR) is 87.3 cm³/mol. The van der Waals surface area contributed by atoms with E-state index in [0.29, 0.717) is 6.04 Å². The Bertz CT molecular complexity index is 185. The van der Waals surface area contributed by atoms with Gasteiger partial charge in [-0.1, -0.05) is 51.9 Å². The SMILES string of the molecule is CCCCCCCCCC(NN)C1CSCCS1. The summed E-state index contributed by atoms with van der Waals surface area (Å²) >= 11 is 4.19. The highest BCUT2D eigenvalue weighted by atomic mass is 32.2. The van der Waals surface area contributed by atoms with Crippen LogP contribution in [0.4, 0.5) is 0 Å². The normalized spacial score (nSPS) is 22.0. The number of unbranched alkanes of at least 4 members (excludes halogenated alkanes) is 6. The van der Waals surface area contributed by atoms with E-state index in [4.69, 9.17) is 5.84 Å². The molecule has 0 saturated carbocycles. The van der Waals surface area contributed by atoms with Gasteiger partial charge in [0.05, 0.1) is 0 Å². The van der Waals surface area contributed by atoms with Gasteiger partial charge in [0.25, 0.3) is 0 Å². The van der Waals surface area contributed by atoms with Crippen molar-refractivity contribution in [2.75, 3.05) is 17.3 Å². The number of thioether (sulfide) groups is 2. The minimum absolute atomic E-state index is 0.526. The van der Waals surface area contributed by atoms with E-state index < -0.39 is 0 Å². The zero-order valence-corrected chi connectivity index (χ0v) is 13.5. The summed E-state index contributed by atoms with van der Waals surface area (Å²) in [6.45, 7) is 2.28. The molecule has 3 N–H and O–H groups in total. The van der Waals surface area contributed by atoms with Crippen LogP contribution in [0.1, 0.15) is 58.3 Å². The molecule has 0 amide bonds. The van der Waals surface area contributed by atoms with Gasteiger partial charge in [0.1, 0.15) is 0 Å². The molecule has 1 fully saturated rings. The molecule has 0 spiro atoms. The van der Waals surface area contributed by atoms with Gasteiger partial charge in [-0.3, -0.25) is 11.3 Å². The maximum absolute atomic E-state index is 5.71. The van der Waals surface area contributed by atoms with E-state index in [-0.39, 0.29) is 0 Å². The summed E-state index contributed by atoms with van der Waals surface area (Å²) in [6, 6.07) is 0.526. The molecule has 1 rings (SSSR count). The first-order valence-electron chi connectivity index (χ1n) is 7.54. The van der Waals surface area contributed by atoms with Crippen LogP contribution >= 0.6 is 23.5 Å². The van der Waals surface area contributed by atoms with Crippen molar-refractivity contribution in [3.05, 3.63) is 0 Å². The fraction of sp³-hybridized carbons (Fsp3) is 1.00. The Kier molecular flexibility index (Phi) is 10.6. The summed E-state index contributed by atoms with van der Waals surface area (Å²) in [6.07, 6.45) is 11.0. The Balaban J connectivity index is 2.00.